The number of hydrogen-bond acceptors (Lipinski definition) is 2. The lowest BCUT2D eigenvalue weighted by atomic mass is 9.81. The number of nitrogens with one attached hydrogen (secondary N) is 2. The highest BCUT2D eigenvalue weighted by Crippen LogP contribution is 2.31. The molecule has 26 heavy (non-hydrogen) atoms. The van der Waals surface area contributed by atoms with Crippen LogP contribution in [0.2, 0.25) is 0 Å². The van der Waals surface area contributed by atoms with Gasteiger partial charge in [-0.3, -0.25) is 9.59 Å². The van der Waals surface area contributed by atoms with Gasteiger partial charge in [0.1, 0.15) is 17.3 Å². The summed E-state index contributed by atoms with van der Waals surface area (Å²) >= 11 is 0. The van der Waals surface area contributed by atoms with Gasteiger partial charge in [-0.05, 0) is 49.9 Å². The van der Waals surface area contributed by atoms with Crippen molar-refractivity contribution >= 4 is 23.2 Å². The molecule has 2 amide bonds. The highest BCUT2D eigenvalue weighted by molar-refractivity contribution is 5.94. The molecule has 4 nitrogen and oxygen atoms in total. The summed E-state index contributed by atoms with van der Waals surface area (Å²) in [6.07, 6.45) is 2.15. The second-order valence-corrected chi connectivity index (χ2v) is 6.49. The van der Waals surface area contributed by atoms with Crippen molar-refractivity contribution in [3.05, 3.63) is 60.2 Å². The Bertz CT molecular complexity index is 767. The predicted molar refractivity (Wildman–Crippen MR) is 95.5 cm³/mol. The number of hydrogen-bond donors (Lipinski definition) is 2. The van der Waals surface area contributed by atoms with Crippen LogP contribution in [0.25, 0.3) is 0 Å². The summed E-state index contributed by atoms with van der Waals surface area (Å²) in [6, 6.07) is 12.7. The SMILES string of the molecule is O=C(Nc1ccccc1)C1CCC(C(=O)Nc2c(F)cccc2F)CC1. The largest absolute Gasteiger partial charge is 0.326 e. The molecule has 136 valence electrons. The van der Waals surface area contributed by atoms with Gasteiger partial charge >= 0.3 is 0 Å². The molecule has 6 heteroatoms. The van der Waals surface area contributed by atoms with Gasteiger partial charge in [0.2, 0.25) is 11.8 Å². The Morgan fingerprint density at radius 1 is 0.731 bits per heavy atom. The van der Waals surface area contributed by atoms with Crippen LogP contribution in [-0.2, 0) is 9.59 Å². The van der Waals surface area contributed by atoms with E-state index in [1.165, 1.54) is 6.07 Å². The first-order valence-corrected chi connectivity index (χ1v) is 8.65. The molecule has 1 saturated carbocycles. The monoisotopic (exact) mass is 358 g/mol. The van der Waals surface area contributed by atoms with Gasteiger partial charge in [0.25, 0.3) is 0 Å². The molecule has 0 saturated heterocycles. The van der Waals surface area contributed by atoms with Crippen LogP contribution in [0.4, 0.5) is 20.2 Å². The number of benzene rings is 2. The summed E-state index contributed by atoms with van der Waals surface area (Å²) in [6.45, 7) is 0. The fraction of sp³-hybridized carbons (Fsp3) is 0.300. The second kappa shape index (κ2) is 8.08. The third-order valence-corrected chi connectivity index (χ3v) is 4.72. The number of carbonyl (C=O) groups is 2. The van der Waals surface area contributed by atoms with Crippen LogP contribution >= 0.6 is 0 Å². The molecule has 2 aromatic carbocycles. The molecular weight excluding hydrogens is 338 g/mol. The van der Waals surface area contributed by atoms with Gasteiger partial charge in [-0.15, -0.1) is 0 Å². The van der Waals surface area contributed by atoms with Gasteiger partial charge in [-0.25, -0.2) is 8.78 Å². The number of amides is 2. The van der Waals surface area contributed by atoms with E-state index in [0.29, 0.717) is 25.7 Å². The second-order valence-electron chi connectivity index (χ2n) is 6.49. The molecule has 0 atom stereocenters. The molecule has 1 aliphatic rings. The van der Waals surface area contributed by atoms with Crippen LogP contribution in [0.3, 0.4) is 0 Å². The minimum atomic E-state index is -0.797. The normalized spacial score (nSPS) is 19.6. The predicted octanol–water partition coefficient (Wildman–Crippen LogP) is 4.35. The first kappa shape index (κ1) is 18.0. The number of para-hydroxylation sites is 2. The molecule has 0 unspecified atom stereocenters. The molecule has 0 heterocycles. The van der Waals surface area contributed by atoms with Crippen molar-refractivity contribution in [3.8, 4) is 0 Å². The van der Waals surface area contributed by atoms with Gasteiger partial charge in [-0.2, -0.15) is 0 Å². The van der Waals surface area contributed by atoms with E-state index in [4.69, 9.17) is 0 Å². The van der Waals surface area contributed by atoms with Crippen molar-refractivity contribution in [3.63, 3.8) is 0 Å². The third kappa shape index (κ3) is 4.25. The van der Waals surface area contributed by atoms with Crippen molar-refractivity contribution in [2.75, 3.05) is 10.6 Å². The van der Waals surface area contributed by atoms with Crippen LogP contribution in [0.15, 0.2) is 48.5 Å². The molecule has 2 N–H and O–H groups in total. The van der Waals surface area contributed by atoms with Crippen LogP contribution in [-0.4, -0.2) is 11.8 Å². The Labute approximate surface area is 150 Å². The topological polar surface area (TPSA) is 58.2 Å². The highest BCUT2D eigenvalue weighted by Gasteiger charge is 2.30. The zero-order chi connectivity index (χ0) is 18.5. The molecular formula is C20H20F2N2O2. The number of halogens is 2. The molecule has 0 radical (unpaired) electrons. The Hall–Kier alpha value is -2.76. The first-order chi connectivity index (χ1) is 12.5. The van der Waals surface area contributed by atoms with Crippen LogP contribution in [0.1, 0.15) is 25.7 Å². The average Bonchev–Trinajstić information content (AvgIpc) is 2.65. The minimum absolute atomic E-state index is 0.0600. The van der Waals surface area contributed by atoms with E-state index in [1.54, 1.807) is 0 Å². The van der Waals surface area contributed by atoms with Gasteiger partial charge in [0.15, 0.2) is 0 Å². The van der Waals surface area contributed by atoms with E-state index in [0.717, 1.165) is 17.8 Å². The van der Waals surface area contributed by atoms with E-state index in [-0.39, 0.29) is 17.7 Å². The first-order valence-electron chi connectivity index (χ1n) is 8.65. The number of rotatable bonds is 4. The van der Waals surface area contributed by atoms with Crippen molar-refractivity contribution in [1.82, 2.24) is 0 Å². The molecule has 3 rings (SSSR count). The number of carbonyl (C=O) groups excluding carboxylic acids is 2. The maximum atomic E-state index is 13.6. The van der Waals surface area contributed by atoms with E-state index in [1.807, 2.05) is 30.3 Å². The smallest absolute Gasteiger partial charge is 0.227 e. The average molecular weight is 358 g/mol. The van der Waals surface area contributed by atoms with E-state index in [9.17, 15) is 18.4 Å². The zero-order valence-electron chi connectivity index (χ0n) is 14.2. The van der Waals surface area contributed by atoms with Gasteiger partial charge in [0, 0.05) is 17.5 Å². The summed E-state index contributed by atoms with van der Waals surface area (Å²) in [7, 11) is 0. The molecule has 0 bridgehead atoms. The Kier molecular flexibility index (Phi) is 5.61. The Balaban J connectivity index is 1.53. The van der Waals surface area contributed by atoms with Gasteiger partial charge in [0.05, 0.1) is 0 Å². The molecule has 2 aromatic rings. The Morgan fingerprint density at radius 2 is 1.23 bits per heavy atom. The third-order valence-electron chi connectivity index (χ3n) is 4.72. The number of anilines is 2. The highest BCUT2D eigenvalue weighted by atomic mass is 19.1. The Morgan fingerprint density at radius 3 is 1.77 bits per heavy atom. The molecule has 0 aromatic heterocycles. The fourth-order valence-corrected chi connectivity index (χ4v) is 3.23. The quantitative estimate of drug-likeness (QED) is 0.854. The van der Waals surface area contributed by atoms with E-state index < -0.39 is 23.2 Å². The molecule has 0 aliphatic heterocycles. The fourth-order valence-electron chi connectivity index (χ4n) is 3.23. The van der Waals surface area contributed by atoms with Crippen molar-refractivity contribution in [1.29, 1.82) is 0 Å². The summed E-state index contributed by atoms with van der Waals surface area (Å²) in [5.74, 6) is -2.58. The van der Waals surface area contributed by atoms with Crippen LogP contribution in [0.5, 0.6) is 0 Å². The van der Waals surface area contributed by atoms with E-state index in [2.05, 4.69) is 10.6 Å². The molecule has 1 aliphatic carbocycles. The summed E-state index contributed by atoms with van der Waals surface area (Å²) < 4.78 is 27.3. The van der Waals surface area contributed by atoms with Gasteiger partial charge < -0.3 is 10.6 Å². The summed E-state index contributed by atoms with van der Waals surface area (Å²) in [4.78, 5) is 24.6. The van der Waals surface area contributed by atoms with Crippen molar-refractivity contribution in [2.45, 2.75) is 25.7 Å². The lowest BCUT2D eigenvalue weighted by Crippen LogP contribution is -2.32. The van der Waals surface area contributed by atoms with Crippen LogP contribution in [0, 0.1) is 23.5 Å². The van der Waals surface area contributed by atoms with Crippen molar-refractivity contribution < 1.29 is 18.4 Å². The lowest BCUT2D eigenvalue weighted by Gasteiger charge is -2.27. The lowest BCUT2D eigenvalue weighted by molar-refractivity contribution is -0.125. The van der Waals surface area contributed by atoms with Crippen LogP contribution < -0.4 is 10.6 Å². The van der Waals surface area contributed by atoms with E-state index >= 15 is 0 Å². The molecule has 1 fully saturated rings. The summed E-state index contributed by atoms with van der Waals surface area (Å²) in [5, 5.41) is 5.21. The molecule has 0 spiro atoms. The minimum Gasteiger partial charge on any atom is -0.326 e. The maximum absolute atomic E-state index is 13.6. The zero-order valence-corrected chi connectivity index (χ0v) is 14.2. The van der Waals surface area contributed by atoms with Crippen molar-refractivity contribution in [2.24, 2.45) is 11.8 Å². The maximum Gasteiger partial charge on any atom is 0.227 e. The standard InChI is InChI=1S/C20H20F2N2O2/c21-16-7-4-8-17(22)18(16)24-20(26)14-11-9-13(10-12-14)19(25)23-15-5-2-1-3-6-15/h1-8,13-14H,9-12H2,(H,23,25)(H,24,26). The van der Waals surface area contributed by atoms with Gasteiger partial charge in [-0.1, -0.05) is 24.3 Å². The summed E-state index contributed by atoms with van der Waals surface area (Å²) in [5.41, 5.74) is 0.328.